The Morgan fingerprint density at radius 1 is 1.21 bits per heavy atom. The average Bonchev–Trinajstić information content (AvgIpc) is 3.11. The SMILES string of the molecule is COCCn1c(N2CCC(NC(=O)c3cccc(Br)c3)CC2)nc2ccccc21. The third-order valence-electron chi connectivity index (χ3n) is 5.35. The number of fused-ring (bicyclic) bond motifs is 1. The number of carbonyl (C=O) groups excluding carboxylic acids is 1. The molecular weight excluding hydrogens is 432 g/mol. The third-order valence-corrected chi connectivity index (χ3v) is 5.85. The minimum Gasteiger partial charge on any atom is -0.383 e. The van der Waals surface area contributed by atoms with Gasteiger partial charge in [-0.1, -0.05) is 34.1 Å². The number of hydrogen-bond donors (Lipinski definition) is 1. The third kappa shape index (κ3) is 4.46. The second-order valence-electron chi connectivity index (χ2n) is 7.29. The number of ether oxygens (including phenoxy) is 1. The lowest BCUT2D eigenvalue weighted by Crippen LogP contribution is -2.45. The molecule has 1 saturated heterocycles. The quantitative estimate of drug-likeness (QED) is 0.611. The van der Waals surface area contributed by atoms with Gasteiger partial charge < -0.3 is 19.5 Å². The Balaban J connectivity index is 1.44. The molecule has 2 heterocycles. The zero-order chi connectivity index (χ0) is 20.2. The van der Waals surface area contributed by atoms with Crippen molar-refractivity contribution < 1.29 is 9.53 Å². The van der Waals surface area contributed by atoms with Gasteiger partial charge in [-0.15, -0.1) is 0 Å². The molecule has 0 radical (unpaired) electrons. The number of methoxy groups -OCH3 is 1. The molecule has 0 atom stereocenters. The van der Waals surface area contributed by atoms with E-state index in [0.29, 0.717) is 12.2 Å². The zero-order valence-electron chi connectivity index (χ0n) is 16.5. The van der Waals surface area contributed by atoms with E-state index in [1.165, 1.54) is 0 Å². The summed E-state index contributed by atoms with van der Waals surface area (Å²) in [4.78, 5) is 19.7. The van der Waals surface area contributed by atoms with E-state index in [2.05, 4.69) is 36.8 Å². The van der Waals surface area contributed by atoms with Gasteiger partial charge in [-0.05, 0) is 43.2 Å². The highest BCUT2D eigenvalue weighted by molar-refractivity contribution is 9.10. The second-order valence-corrected chi connectivity index (χ2v) is 8.21. The van der Waals surface area contributed by atoms with Crippen LogP contribution in [0.5, 0.6) is 0 Å². The Morgan fingerprint density at radius 2 is 2.00 bits per heavy atom. The zero-order valence-corrected chi connectivity index (χ0v) is 18.1. The number of aromatic nitrogens is 2. The van der Waals surface area contributed by atoms with Crippen molar-refractivity contribution >= 4 is 38.8 Å². The van der Waals surface area contributed by atoms with Gasteiger partial charge in [0.2, 0.25) is 5.95 Å². The minimum absolute atomic E-state index is 0.0166. The van der Waals surface area contributed by atoms with Gasteiger partial charge in [-0.2, -0.15) is 0 Å². The lowest BCUT2D eigenvalue weighted by atomic mass is 10.0. The highest BCUT2D eigenvalue weighted by atomic mass is 79.9. The summed E-state index contributed by atoms with van der Waals surface area (Å²) in [7, 11) is 1.72. The molecule has 1 aliphatic rings. The van der Waals surface area contributed by atoms with E-state index < -0.39 is 0 Å². The van der Waals surface area contributed by atoms with E-state index in [4.69, 9.17) is 9.72 Å². The van der Waals surface area contributed by atoms with Crippen LogP contribution >= 0.6 is 15.9 Å². The molecule has 4 rings (SSSR count). The number of para-hydroxylation sites is 2. The first-order valence-electron chi connectivity index (χ1n) is 9.91. The van der Waals surface area contributed by atoms with Crippen LogP contribution in [0.15, 0.2) is 53.0 Å². The smallest absolute Gasteiger partial charge is 0.251 e. The molecule has 1 fully saturated rings. The number of nitrogens with one attached hydrogen (secondary N) is 1. The van der Waals surface area contributed by atoms with Crippen LogP contribution in [0.2, 0.25) is 0 Å². The number of anilines is 1. The molecule has 3 aromatic rings. The Labute approximate surface area is 179 Å². The van der Waals surface area contributed by atoms with Crippen molar-refractivity contribution in [2.24, 2.45) is 0 Å². The van der Waals surface area contributed by atoms with Crippen molar-refractivity contribution in [2.45, 2.75) is 25.4 Å². The van der Waals surface area contributed by atoms with Gasteiger partial charge in [0.05, 0.1) is 17.6 Å². The van der Waals surface area contributed by atoms with Crippen molar-refractivity contribution in [3.8, 4) is 0 Å². The largest absolute Gasteiger partial charge is 0.383 e. The van der Waals surface area contributed by atoms with Gasteiger partial charge >= 0.3 is 0 Å². The van der Waals surface area contributed by atoms with Crippen LogP contribution in [0.25, 0.3) is 11.0 Å². The number of nitrogens with zero attached hydrogens (tertiary/aromatic N) is 3. The molecule has 0 saturated carbocycles. The summed E-state index contributed by atoms with van der Waals surface area (Å²) in [5, 5.41) is 3.18. The predicted molar refractivity (Wildman–Crippen MR) is 118 cm³/mol. The van der Waals surface area contributed by atoms with Gasteiger partial charge in [0, 0.05) is 42.8 Å². The molecule has 1 aliphatic heterocycles. The fraction of sp³-hybridized carbons (Fsp3) is 0.364. The summed E-state index contributed by atoms with van der Waals surface area (Å²) >= 11 is 3.42. The molecule has 1 aromatic heterocycles. The summed E-state index contributed by atoms with van der Waals surface area (Å²) in [6, 6.07) is 15.9. The summed E-state index contributed by atoms with van der Waals surface area (Å²) in [6.07, 6.45) is 1.79. The molecule has 0 unspecified atom stereocenters. The number of rotatable bonds is 6. The molecule has 0 spiro atoms. The van der Waals surface area contributed by atoms with E-state index in [1.54, 1.807) is 7.11 Å². The molecule has 1 amide bonds. The maximum atomic E-state index is 12.5. The summed E-state index contributed by atoms with van der Waals surface area (Å²) in [5.74, 6) is 0.970. The molecule has 6 nitrogen and oxygen atoms in total. The molecular formula is C22H25BrN4O2. The monoisotopic (exact) mass is 456 g/mol. The first kappa shape index (κ1) is 19.9. The van der Waals surface area contributed by atoms with Gasteiger partial charge in [0.25, 0.3) is 5.91 Å². The second kappa shape index (κ2) is 8.97. The molecule has 0 bridgehead atoms. The van der Waals surface area contributed by atoms with Crippen LogP contribution < -0.4 is 10.2 Å². The van der Waals surface area contributed by atoms with Crippen LogP contribution in [0.1, 0.15) is 23.2 Å². The van der Waals surface area contributed by atoms with Crippen LogP contribution in [0.3, 0.4) is 0 Å². The van der Waals surface area contributed by atoms with Crippen molar-refractivity contribution in [3.63, 3.8) is 0 Å². The Kier molecular flexibility index (Phi) is 6.16. The van der Waals surface area contributed by atoms with Crippen LogP contribution in [0, 0.1) is 0 Å². The topological polar surface area (TPSA) is 59.4 Å². The lowest BCUT2D eigenvalue weighted by molar-refractivity contribution is 0.0931. The molecule has 29 heavy (non-hydrogen) atoms. The van der Waals surface area contributed by atoms with Crippen LogP contribution in [0.4, 0.5) is 5.95 Å². The fourth-order valence-electron chi connectivity index (χ4n) is 3.83. The van der Waals surface area contributed by atoms with Crippen LogP contribution in [-0.4, -0.2) is 48.3 Å². The van der Waals surface area contributed by atoms with Crippen molar-refractivity contribution in [1.82, 2.24) is 14.9 Å². The Hall–Kier alpha value is -2.38. The number of benzene rings is 2. The standard InChI is InChI=1S/C22H25BrN4O2/c1-29-14-13-27-20-8-3-2-7-19(20)25-22(27)26-11-9-18(10-12-26)24-21(28)16-5-4-6-17(23)15-16/h2-8,15,18H,9-14H2,1H3,(H,24,28). The normalized spacial score (nSPS) is 15.0. The molecule has 2 aromatic carbocycles. The summed E-state index contributed by atoms with van der Waals surface area (Å²) < 4.78 is 8.45. The van der Waals surface area contributed by atoms with Gasteiger partial charge in [0.1, 0.15) is 0 Å². The fourth-order valence-corrected chi connectivity index (χ4v) is 4.23. The molecule has 0 aliphatic carbocycles. The highest BCUT2D eigenvalue weighted by Crippen LogP contribution is 2.25. The molecule has 7 heteroatoms. The predicted octanol–water partition coefficient (Wildman–Crippen LogP) is 3.84. The Morgan fingerprint density at radius 3 is 2.76 bits per heavy atom. The molecule has 152 valence electrons. The van der Waals surface area contributed by atoms with E-state index in [-0.39, 0.29) is 11.9 Å². The number of piperidine rings is 1. The maximum absolute atomic E-state index is 12.5. The summed E-state index contributed by atoms with van der Waals surface area (Å²) in [5.41, 5.74) is 2.82. The highest BCUT2D eigenvalue weighted by Gasteiger charge is 2.25. The average molecular weight is 457 g/mol. The minimum atomic E-state index is -0.0166. The van der Waals surface area contributed by atoms with E-state index >= 15 is 0 Å². The molecule has 1 N–H and O–H groups in total. The Bertz CT molecular complexity index is 995. The lowest BCUT2D eigenvalue weighted by Gasteiger charge is -2.33. The number of hydrogen-bond acceptors (Lipinski definition) is 4. The number of imidazole rings is 1. The summed E-state index contributed by atoms with van der Waals surface area (Å²) in [6.45, 7) is 3.14. The van der Waals surface area contributed by atoms with Crippen LogP contribution in [-0.2, 0) is 11.3 Å². The van der Waals surface area contributed by atoms with Crippen molar-refractivity contribution in [1.29, 1.82) is 0 Å². The van der Waals surface area contributed by atoms with Gasteiger partial charge in [0.15, 0.2) is 0 Å². The van der Waals surface area contributed by atoms with Crippen molar-refractivity contribution in [3.05, 3.63) is 58.6 Å². The number of carbonyl (C=O) groups is 1. The van der Waals surface area contributed by atoms with E-state index in [1.807, 2.05) is 42.5 Å². The van der Waals surface area contributed by atoms with E-state index in [9.17, 15) is 4.79 Å². The number of amides is 1. The maximum Gasteiger partial charge on any atom is 0.251 e. The van der Waals surface area contributed by atoms with E-state index in [0.717, 1.165) is 53.9 Å². The van der Waals surface area contributed by atoms with Crippen molar-refractivity contribution in [2.75, 3.05) is 31.7 Å². The first-order chi connectivity index (χ1) is 14.2. The van der Waals surface area contributed by atoms with Gasteiger partial charge in [-0.25, -0.2) is 4.98 Å². The first-order valence-corrected chi connectivity index (χ1v) is 10.7. The number of halogens is 1. The van der Waals surface area contributed by atoms with Gasteiger partial charge in [-0.3, -0.25) is 4.79 Å².